The van der Waals surface area contributed by atoms with Crippen molar-refractivity contribution in [1.82, 2.24) is 4.98 Å². The Hall–Kier alpha value is -0.890. The molecule has 1 aliphatic rings. The van der Waals surface area contributed by atoms with E-state index < -0.39 is 0 Å². The van der Waals surface area contributed by atoms with Gasteiger partial charge in [0.2, 0.25) is 0 Å². The van der Waals surface area contributed by atoms with Gasteiger partial charge < -0.3 is 4.74 Å². The molecule has 0 aromatic carbocycles. The summed E-state index contributed by atoms with van der Waals surface area (Å²) in [5.74, 6) is 0. The zero-order valence-electron chi connectivity index (χ0n) is 7.34. The maximum Gasteiger partial charge on any atom is 0.0737 e. The van der Waals surface area contributed by atoms with Crippen LogP contribution < -0.4 is 0 Å². The predicted molar refractivity (Wildman–Crippen MR) is 47.0 cm³/mol. The minimum absolute atomic E-state index is 0.756. The van der Waals surface area contributed by atoms with Crippen LogP contribution in [0.25, 0.3) is 0 Å². The summed E-state index contributed by atoms with van der Waals surface area (Å²) in [6.07, 6.45) is 3.96. The minimum atomic E-state index is 0.756. The molecule has 0 saturated carbocycles. The normalized spacial score (nSPS) is 15.8. The summed E-state index contributed by atoms with van der Waals surface area (Å²) >= 11 is 0. The molecule has 0 spiro atoms. The van der Waals surface area contributed by atoms with Crippen molar-refractivity contribution in [3.63, 3.8) is 0 Å². The molecular weight excluding hydrogens is 150 g/mol. The van der Waals surface area contributed by atoms with Gasteiger partial charge in [0.15, 0.2) is 0 Å². The topological polar surface area (TPSA) is 22.1 Å². The van der Waals surface area contributed by atoms with Gasteiger partial charge in [-0.05, 0) is 24.5 Å². The maximum absolute atomic E-state index is 5.40. The van der Waals surface area contributed by atoms with Gasteiger partial charge in [0.05, 0.1) is 13.2 Å². The first-order valence-corrected chi connectivity index (χ1v) is 4.45. The summed E-state index contributed by atoms with van der Waals surface area (Å²) in [5.41, 5.74) is 3.95. The Morgan fingerprint density at radius 1 is 1.58 bits per heavy atom. The molecule has 0 saturated heterocycles. The minimum Gasteiger partial charge on any atom is -0.376 e. The number of nitrogens with zero attached hydrogens (tertiary/aromatic N) is 1. The fourth-order valence-corrected chi connectivity index (χ4v) is 1.65. The van der Waals surface area contributed by atoms with Gasteiger partial charge in [-0.25, -0.2) is 0 Å². The molecule has 0 fully saturated rings. The third kappa shape index (κ3) is 1.23. The van der Waals surface area contributed by atoms with Crippen molar-refractivity contribution in [2.45, 2.75) is 26.4 Å². The SMILES string of the molecule is CCc1nccc2c1COCC2. The number of pyridine rings is 1. The second-order valence-corrected chi connectivity index (χ2v) is 3.05. The van der Waals surface area contributed by atoms with Gasteiger partial charge in [0.25, 0.3) is 0 Å². The van der Waals surface area contributed by atoms with Crippen molar-refractivity contribution in [1.29, 1.82) is 0 Å². The van der Waals surface area contributed by atoms with E-state index in [1.165, 1.54) is 16.8 Å². The second kappa shape index (κ2) is 3.23. The van der Waals surface area contributed by atoms with Crippen molar-refractivity contribution < 1.29 is 4.74 Å². The number of rotatable bonds is 1. The van der Waals surface area contributed by atoms with Gasteiger partial charge in [-0.1, -0.05) is 6.92 Å². The molecule has 1 aliphatic heterocycles. The molecule has 0 atom stereocenters. The van der Waals surface area contributed by atoms with Crippen LogP contribution in [0.1, 0.15) is 23.7 Å². The van der Waals surface area contributed by atoms with Crippen molar-refractivity contribution >= 4 is 0 Å². The van der Waals surface area contributed by atoms with E-state index in [4.69, 9.17) is 4.74 Å². The van der Waals surface area contributed by atoms with Gasteiger partial charge in [-0.15, -0.1) is 0 Å². The van der Waals surface area contributed by atoms with Crippen molar-refractivity contribution in [2.75, 3.05) is 6.61 Å². The maximum atomic E-state index is 5.40. The van der Waals surface area contributed by atoms with Crippen molar-refractivity contribution in [3.8, 4) is 0 Å². The Kier molecular flexibility index (Phi) is 2.09. The summed E-state index contributed by atoms with van der Waals surface area (Å²) in [6, 6.07) is 2.11. The zero-order chi connectivity index (χ0) is 8.39. The molecule has 64 valence electrons. The third-order valence-electron chi connectivity index (χ3n) is 2.34. The highest BCUT2D eigenvalue weighted by Crippen LogP contribution is 2.18. The third-order valence-corrected chi connectivity index (χ3v) is 2.34. The van der Waals surface area contributed by atoms with Crippen molar-refractivity contribution in [2.24, 2.45) is 0 Å². The summed E-state index contributed by atoms with van der Waals surface area (Å²) in [6.45, 7) is 3.75. The molecule has 0 unspecified atom stereocenters. The number of hydrogen-bond donors (Lipinski definition) is 0. The number of hydrogen-bond acceptors (Lipinski definition) is 2. The Bertz CT molecular complexity index is 269. The fourth-order valence-electron chi connectivity index (χ4n) is 1.65. The second-order valence-electron chi connectivity index (χ2n) is 3.05. The van der Waals surface area contributed by atoms with Crippen LogP contribution in [0.3, 0.4) is 0 Å². The monoisotopic (exact) mass is 163 g/mol. The largest absolute Gasteiger partial charge is 0.376 e. The zero-order valence-corrected chi connectivity index (χ0v) is 7.34. The fraction of sp³-hybridized carbons (Fsp3) is 0.500. The number of fused-ring (bicyclic) bond motifs is 1. The number of ether oxygens (including phenoxy) is 1. The Labute approximate surface area is 72.6 Å². The molecule has 0 amide bonds. The van der Waals surface area contributed by atoms with Gasteiger partial charge in [0.1, 0.15) is 0 Å². The molecule has 2 rings (SSSR count). The summed E-state index contributed by atoms with van der Waals surface area (Å²) in [4.78, 5) is 4.33. The first kappa shape index (κ1) is 7.74. The standard InChI is InChI=1S/C10H13NO/c1-2-10-9-7-12-6-4-8(9)3-5-11-10/h3,5H,2,4,6-7H2,1H3. The Morgan fingerprint density at radius 3 is 3.33 bits per heavy atom. The van der Waals surface area contributed by atoms with E-state index in [-0.39, 0.29) is 0 Å². The van der Waals surface area contributed by atoms with Gasteiger partial charge >= 0.3 is 0 Å². The molecule has 12 heavy (non-hydrogen) atoms. The van der Waals surface area contributed by atoms with E-state index in [1.807, 2.05) is 6.20 Å². The molecule has 1 aromatic heterocycles. The lowest BCUT2D eigenvalue weighted by Gasteiger charge is -2.18. The molecule has 2 heterocycles. The molecule has 0 bridgehead atoms. The van der Waals surface area contributed by atoms with Crippen LogP contribution in [-0.4, -0.2) is 11.6 Å². The van der Waals surface area contributed by atoms with Gasteiger partial charge in [0, 0.05) is 17.5 Å². The highest BCUT2D eigenvalue weighted by Gasteiger charge is 2.12. The average Bonchev–Trinajstić information content (AvgIpc) is 2.17. The van der Waals surface area contributed by atoms with Crippen LogP contribution in [-0.2, 0) is 24.2 Å². The summed E-state index contributed by atoms with van der Waals surface area (Å²) in [5, 5.41) is 0. The average molecular weight is 163 g/mol. The van der Waals surface area contributed by atoms with Crippen molar-refractivity contribution in [3.05, 3.63) is 29.1 Å². The smallest absolute Gasteiger partial charge is 0.0737 e. The quantitative estimate of drug-likeness (QED) is 0.629. The van der Waals surface area contributed by atoms with Crippen LogP contribution in [0.15, 0.2) is 12.3 Å². The van der Waals surface area contributed by atoms with Crippen LogP contribution >= 0.6 is 0 Å². The highest BCUT2D eigenvalue weighted by atomic mass is 16.5. The lowest BCUT2D eigenvalue weighted by Crippen LogP contribution is -2.12. The molecular formula is C10H13NO. The van der Waals surface area contributed by atoms with Crippen LogP contribution in [0.5, 0.6) is 0 Å². The first-order chi connectivity index (χ1) is 5.92. The molecule has 2 heteroatoms. The molecule has 2 nitrogen and oxygen atoms in total. The van der Waals surface area contributed by atoms with E-state index in [1.54, 1.807) is 0 Å². The molecule has 0 radical (unpaired) electrons. The number of aryl methyl sites for hydroxylation is 1. The van der Waals surface area contributed by atoms with Crippen LogP contribution in [0.4, 0.5) is 0 Å². The molecule has 1 aromatic rings. The highest BCUT2D eigenvalue weighted by molar-refractivity contribution is 5.30. The Morgan fingerprint density at radius 2 is 2.50 bits per heavy atom. The Balaban J connectivity index is 2.44. The lowest BCUT2D eigenvalue weighted by molar-refractivity contribution is 0.109. The van der Waals surface area contributed by atoms with Crippen LogP contribution in [0.2, 0.25) is 0 Å². The first-order valence-electron chi connectivity index (χ1n) is 4.45. The van der Waals surface area contributed by atoms with E-state index in [0.29, 0.717) is 0 Å². The van der Waals surface area contributed by atoms with E-state index >= 15 is 0 Å². The van der Waals surface area contributed by atoms with E-state index in [9.17, 15) is 0 Å². The van der Waals surface area contributed by atoms with E-state index in [2.05, 4.69) is 18.0 Å². The predicted octanol–water partition coefficient (Wildman–Crippen LogP) is 1.72. The molecule has 0 aliphatic carbocycles. The summed E-state index contributed by atoms with van der Waals surface area (Å²) < 4.78 is 5.40. The van der Waals surface area contributed by atoms with Crippen LogP contribution in [0, 0.1) is 0 Å². The molecule has 0 N–H and O–H groups in total. The lowest BCUT2D eigenvalue weighted by atomic mass is 10.0. The van der Waals surface area contributed by atoms with Gasteiger partial charge in [-0.2, -0.15) is 0 Å². The van der Waals surface area contributed by atoms with E-state index in [0.717, 1.165) is 26.1 Å². The van der Waals surface area contributed by atoms with Gasteiger partial charge in [-0.3, -0.25) is 4.98 Å². The summed E-state index contributed by atoms with van der Waals surface area (Å²) in [7, 11) is 0. The number of aromatic nitrogens is 1.